The molecule has 0 spiro atoms. The van der Waals surface area contributed by atoms with E-state index in [2.05, 4.69) is 32.7 Å². The minimum Gasteiger partial charge on any atom is -0.494 e. The molecule has 2 aliphatic heterocycles. The number of thiazole rings is 1. The maximum Gasteiger partial charge on any atom is 0.316 e. The van der Waals surface area contributed by atoms with Crippen molar-refractivity contribution in [1.29, 1.82) is 0 Å². The summed E-state index contributed by atoms with van der Waals surface area (Å²) in [6, 6.07) is 7.98. The number of urea groups is 1. The molecule has 8 heteroatoms. The number of primary amides is 1. The Kier molecular flexibility index (Phi) is 5.71. The largest absolute Gasteiger partial charge is 0.494 e. The molecule has 0 radical (unpaired) electrons. The van der Waals surface area contributed by atoms with Crippen molar-refractivity contribution in [1.82, 2.24) is 15.6 Å². The van der Waals surface area contributed by atoms with E-state index in [0.717, 1.165) is 36.8 Å². The number of nitrogens with zero attached hydrogens (tertiary/aromatic N) is 2. The fraction of sp³-hybridized carbons (Fsp3) is 0.333. The van der Waals surface area contributed by atoms with Crippen LogP contribution in [0.3, 0.4) is 0 Å². The second-order valence-electron chi connectivity index (χ2n) is 7.10. The molecule has 0 aliphatic carbocycles. The van der Waals surface area contributed by atoms with Gasteiger partial charge in [0, 0.05) is 36.8 Å². The third-order valence-corrected chi connectivity index (χ3v) is 6.04. The Morgan fingerprint density at radius 2 is 2.24 bits per heavy atom. The summed E-state index contributed by atoms with van der Waals surface area (Å²) in [6.07, 6.45) is 7.63. The Labute approximate surface area is 174 Å². The first-order valence-electron chi connectivity index (χ1n) is 9.75. The van der Waals surface area contributed by atoms with E-state index in [1.165, 1.54) is 16.0 Å². The van der Waals surface area contributed by atoms with Gasteiger partial charge in [-0.3, -0.25) is 0 Å². The van der Waals surface area contributed by atoms with Crippen LogP contribution in [0.25, 0.3) is 0 Å². The Bertz CT molecular complexity index is 935. The zero-order valence-corrected chi connectivity index (χ0v) is 17.2. The van der Waals surface area contributed by atoms with E-state index in [-0.39, 0.29) is 0 Å². The molecular weight excluding hydrogens is 386 g/mol. The maximum atomic E-state index is 11.1. The van der Waals surface area contributed by atoms with E-state index >= 15 is 0 Å². The second kappa shape index (κ2) is 8.57. The SMILES string of the molecule is CCOc1ccc(Cc2cnc(N3CCC4NC=C(NC(N)=O)C=C4C3)s2)cc1. The molecule has 2 aromatic rings. The van der Waals surface area contributed by atoms with Gasteiger partial charge in [-0.05, 0) is 42.7 Å². The monoisotopic (exact) mass is 411 g/mol. The summed E-state index contributed by atoms with van der Waals surface area (Å²) in [6.45, 7) is 4.39. The molecule has 0 saturated carbocycles. The lowest BCUT2D eigenvalue weighted by Crippen LogP contribution is -2.45. The number of amides is 2. The number of rotatable bonds is 6. The van der Waals surface area contributed by atoms with Gasteiger partial charge in [-0.15, -0.1) is 11.3 Å². The van der Waals surface area contributed by atoms with Crippen LogP contribution in [0.5, 0.6) is 5.75 Å². The molecule has 1 aromatic carbocycles. The number of hydrogen-bond acceptors (Lipinski definition) is 6. The Morgan fingerprint density at radius 3 is 3.00 bits per heavy atom. The smallest absolute Gasteiger partial charge is 0.316 e. The summed E-state index contributed by atoms with van der Waals surface area (Å²) < 4.78 is 5.51. The Morgan fingerprint density at radius 1 is 1.41 bits per heavy atom. The lowest BCUT2D eigenvalue weighted by atomic mass is 9.96. The van der Waals surface area contributed by atoms with Crippen molar-refractivity contribution in [3.63, 3.8) is 0 Å². The average molecular weight is 412 g/mol. The third-order valence-electron chi connectivity index (χ3n) is 4.98. The maximum absolute atomic E-state index is 11.1. The van der Waals surface area contributed by atoms with Crippen LogP contribution in [0, 0.1) is 0 Å². The van der Waals surface area contributed by atoms with Gasteiger partial charge in [0.25, 0.3) is 0 Å². The highest BCUT2D eigenvalue weighted by Crippen LogP contribution is 2.30. The summed E-state index contributed by atoms with van der Waals surface area (Å²) >= 11 is 1.73. The number of anilines is 1. The molecule has 3 heterocycles. The number of fused-ring (bicyclic) bond motifs is 1. The number of nitrogens with two attached hydrogens (primary N) is 1. The molecule has 0 bridgehead atoms. The van der Waals surface area contributed by atoms with Crippen molar-refractivity contribution in [2.45, 2.75) is 25.8 Å². The summed E-state index contributed by atoms with van der Waals surface area (Å²) in [5, 5.41) is 7.01. The quantitative estimate of drug-likeness (QED) is 0.680. The summed E-state index contributed by atoms with van der Waals surface area (Å²) in [7, 11) is 0. The molecule has 7 nitrogen and oxygen atoms in total. The minimum atomic E-state index is -0.556. The van der Waals surface area contributed by atoms with E-state index < -0.39 is 6.03 Å². The van der Waals surface area contributed by atoms with Gasteiger partial charge in [-0.2, -0.15) is 0 Å². The predicted molar refractivity (Wildman–Crippen MR) is 115 cm³/mol. The van der Waals surface area contributed by atoms with Crippen LogP contribution in [0.4, 0.5) is 9.93 Å². The van der Waals surface area contributed by atoms with Crippen molar-refractivity contribution in [2.24, 2.45) is 5.73 Å². The first-order chi connectivity index (χ1) is 14.1. The van der Waals surface area contributed by atoms with E-state index in [0.29, 0.717) is 18.3 Å². The van der Waals surface area contributed by atoms with Crippen LogP contribution in [0.15, 0.2) is 54.0 Å². The third kappa shape index (κ3) is 4.71. The summed E-state index contributed by atoms with van der Waals surface area (Å²) in [5.74, 6) is 0.901. The van der Waals surface area contributed by atoms with Crippen LogP contribution < -0.4 is 26.0 Å². The van der Waals surface area contributed by atoms with Gasteiger partial charge in [-0.25, -0.2) is 9.78 Å². The number of benzene rings is 1. The molecule has 1 aromatic heterocycles. The van der Waals surface area contributed by atoms with Crippen LogP contribution in [0.1, 0.15) is 23.8 Å². The highest BCUT2D eigenvalue weighted by Gasteiger charge is 2.27. The van der Waals surface area contributed by atoms with Gasteiger partial charge >= 0.3 is 6.03 Å². The number of carbonyl (C=O) groups excluding carboxylic acids is 1. The number of ether oxygens (including phenoxy) is 1. The van der Waals surface area contributed by atoms with E-state index in [1.54, 1.807) is 11.3 Å². The fourth-order valence-corrected chi connectivity index (χ4v) is 4.59. The molecule has 4 N–H and O–H groups in total. The molecule has 2 amide bonds. The Balaban J connectivity index is 1.41. The number of dihydropyridines is 1. The second-order valence-corrected chi connectivity index (χ2v) is 8.19. The number of hydrogen-bond donors (Lipinski definition) is 3. The van der Waals surface area contributed by atoms with Crippen LogP contribution in [-0.4, -0.2) is 36.8 Å². The van der Waals surface area contributed by atoms with E-state index in [4.69, 9.17) is 10.5 Å². The number of carbonyl (C=O) groups is 1. The molecule has 1 unspecified atom stereocenters. The van der Waals surface area contributed by atoms with Crippen molar-refractivity contribution < 1.29 is 9.53 Å². The number of nitrogens with one attached hydrogen (secondary N) is 2. The highest BCUT2D eigenvalue weighted by atomic mass is 32.1. The average Bonchev–Trinajstić information content (AvgIpc) is 3.17. The van der Waals surface area contributed by atoms with Gasteiger partial charge in [0.15, 0.2) is 5.13 Å². The number of allylic oxidation sites excluding steroid dienone is 1. The van der Waals surface area contributed by atoms with Gasteiger partial charge < -0.3 is 26.0 Å². The van der Waals surface area contributed by atoms with Gasteiger partial charge in [0.2, 0.25) is 0 Å². The van der Waals surface area contributed by atoms with Crippen LogP contribution >= 0.6 is 11.3 Å². The summed E-state index contributed by atoms with van der Waals surface area (Å²) in [5.41, 5.74) is 8.39. The van der Waals surface area contributed by atoms with Crippen LogP contribution in [-0.2, 0) is 6.42 Å². The minimum absolute atomic E-state index is 0.299. The molecule has 4 rings (SSSR count). The molecule has 1 fully saturated rings. The first-order valence-corrected chi connectivity index (χ1v) is 10.6. The zero-order chi connectivity index (χ0) is 20.2. The molecule has 2 aliphatic rings. The highest BCUT2D eigenvalue weighted by molar-refractivity contribution is 7.15. The molecule has 1 saturated heterocycles. The van der Waals surface area contributed by atoms with Crippen molar-refractivity contribution in [3.05, 3.63) is 64.4 Å². The topological polar surface area (TPSA) is 92.5 Å². The van der Waals surface area contributed by atoms with Gasteiger partial charge in [-0.1, -0.05) is 12.1 Å². The van der Waals surface area contributed by atoms with Crippen molar-refractivity contribution >= 4 is 22.5 Å². The number of piperidine rings is 1. The summed E-state index contributed by atoms with van der Waals surface area (Å²) in [4.78, 5) is 19.3. The standard InChI is InChI=1S/C21H25N5O2S/c1-2-28-17-5-3-14(4-6-17)9-18-12-24-21(29-18)26-8-7-19-15(13-26)10-16(11-23-19)25-20(22)27/h3-6,10-12,19,23H,2,7-9,13H2,1H3,(H3,22,25,27). The number of aromatic nitrogens is 1. The molecule has 29 heavy (non-hydrogen) atoms. The van der Waals surface area contributed by atoms with Crippen LogP contribution in [0.2, 0.25) is 0 Å². The van der Waals surface area contributed by atoms with E-state index in [1.807, 2.05) is 37.5 Å². The van der Waals surface area contributed by atoms with Crippen molar-refractivity contribution in [3.8, 4) is 5.75 Å². The predicted octanol–water partition coefficient (Wildman–Crippen LogP) is 2.75. The van der Waals surface area contributed by atoms with E-state index in [9.17, 15) is 4.79 Å². The molecule has 152 valence electrons. The zero-order valence-electron chi connectivity index (χ0n) is 16.4. The fourth-order valence-electron chi connectivity index (χ4n) is 3.62. The van der Waals surface area contributed by atoms with Gasteiger partial charge in [0.1, 0.15) is 5.75 Å². The molecule has 1 atom stereocenters. The first kappa shape index (κ1) is 19.3. The molecular formula is C21H25N5O2S. The Hall–Kier alpha value is -3.00. The lowest BCUT2D eigenvalue weighted by Gasteiger charge is -2.36. The lowest BCUT2D eigenvalue weighted by molar-refractivity contribution is 0.251. The van der Waals surface area contributed by atoms with Gasteiger partial charge in [0.05, 0.1) is 18.3 Å². The normalized spacial score (nSPS) is 18.2. The van der Waals surface area contributed by atoms with Crippen molar-refractivity contribution in [2.75, 3.05) is 24.6 Å².